The van der Waals surface area contributed by atoms with Gasteiger partial charge in [0, 0.05) is 38.6 Å². The molecule has 2 fully saturated rings. The standard InChI is InChI=1S/C20H26FN3O5S/c21-16-3-5-18(6-4-16)30(25,26)24-10-1-2-17(14-24)28-13-9-19-22-20(29-23-19)15-7-11-27-12-8-15/h3-6,15,17H,1-2,7-14H2. The Hall–Kier alpha value is -1.88. The fourth-order valence-electron chi connectivity index (χ4n) is 3.81. The zero-order valence-corrected chi connectivity index (χ0v) is 17.5. The van der Waals surface area contributed by atoms with Crippen LogP contribution in [0.2, 0.25) is 0 Å². The van der Waals surface area contributed by atoms with E-state index in [1.54, 1.807) is 0 Å². The smallest absolute Gasteiger partial charge is 0.243 e. The molecule has 2 aliphatic rings. The van der Waals surface area contributed by atoms with Gasteiger partial charge in [-0.15, -0.1) is 0 Å². The molecule has 2 aromatic rings. The van der Waals surface area contributed by atoms with Crippen LogP contribution in [0.3, 0.4) is 0 Å². The number of halogens is 1. The zero-order chi connectivity index (χ0) is 21.0. The summed E-state index contributed by atoms with van der Waals surface area (Å²) < 4.78 is 56.8. The summed E-state index contributed by atoms with van der Waals surface area (Å²) in [6.07, 6.45) is 3.58. The van der Waals surface area contributed by atoms with Crippen LogP contribution in [-0.4, -0.2) is 61.9 Å². The highest BCUT2D eigenvalue weighted by Gasteiger charge is 2.30. The van der Waals surface area contributed by atoms with E-state index in [9.17, 15) is 12.8 Å². The summed E-state index contributed by atoms with van der Waals surface area (Å²) in [5, 5.41) is 4.03. The molecule has 0 bridgehead atoms. The number of aromatic nitrogens is 2. The number of sulfonamides is 1. The van der Waals surface area contributed by atoms with Crippen LogP contribution in [0.1, 0.15) is 43.3 Å². The molecule has 0 spiro atoms. The van der Waals surface area contributed by atoms with Crippen LogP contribution in [0.5, 0.6) is 0 Å². The van der Waals surface area contributed by atoms with Gasteiger partial charge in [-0.1, -0.05) is 5.16 Å². The van der Waals surface area contributed by atoms with Gasteiger partial charge in [-0.05, 0) is 49.9 Å². The molecule has 30 heavy (non-hydrogen) atoms. The monoisotopic (exact) mass is 439 g/mol. The van der Waals surface area contributed by atoms with E-state index in [4.69, 9.17) is 14.0 Å². The second kappa shape index (κ2) is 9.51. The molecule has 1 unspecified atom stereocenters. The van der Waals surface area contributed by atoms with Crippen molar-refractivity contribution in [2.24, 2.45) is 0 Å². The number of piperidine rings is 1. The van der Waals surface area contributed by atoms with Crippen molar-refractivity contribution in [2.45, 2.75) is 49.0 Å². The van der Waals surface area contributed by atoms with Gasteiger partial charge in [0.25, 0.3) is 0 Å². The van der Waals surface area contributed by atoms with Gasteiger partial charge in [0.15, 0.2) is 5.82 Å². The molecule has 8 nitrogen and oxygen atoms in total. The topological polar surface area (TPSA) is 94.8 Å². The first-order valence-corrected chi connectivity index (χ1v) is 11.7. The Balaban J connectivity index is 1.28. The van der Waals surface area contributed by atoms with Crippen molar-refractivity contribution in [1.82, 2.24) is 14.4 Å². The Morgan fingerprint density at radius 2 is 1.93 bits per heavy atom. The zero-order valence-electron chi connectivity index (χ0n) is 16.7. The van der Waals surface area contributed by atoms with Gasteiger partial charge < -0.3 is 14.0 Å². The van der Waals surface area contributed by atoms with Crippen molar-refractivity contribution in [3.8, 4) is 0 Å². The molecule has 4 rings (SSSR count). The lowest BCUT2D eigenvalue weighted by Gasteiger charge is -2.31. The fraction of sp³-hybridized carbons (Fsp3) is 0.600. The van der Waals surface area contributed by atoms with Crippen molar-refractivity contribution in [3.05, 3.63) is 41.8 Å². The predicted octanol–water partition coefficient (Wildman–Crippen LogP) is 2.52. The second-order valence-electron chi connectivity index (χ2n) is 7.64. The molecular formula is C20H26FN3O5S. The van der Waals surface area contributed by atoms with Crippen LogP contribution in [0.4, 0.5) is 4.39 Å². The maximum atomic E-state index is 13.1. The van der Waals surface area contributed by atoms with Crippen molar-refractivity contribution < 1.29 is 26.8 Å². The maximum Gasteiger partial charge on any atom is 0.243 e. The molecule has 0 radical (unpaired) electrons. The van der Waals surface area contributed by atoms with Crippen molar-refractivity contribution in [3.63, 3.8) is 0 Å². The summed E-state index contributed by atoms with van der Waals surface area (Å²) in [4.78, 5) is 4.56. The average molecular weight is 440 g/mol. The van der Waals surface area contributed by atoms with Crippen molar-refractivity contribution in [1.29, 1.82) is 0 Å². The highest BCUT2D eigenvalue weighted by Crippen LogP contribution is 2.25. The molecule has 1 atom stereocenters. The van der Waals surface area contributed by atoms with Gasteiger partial charge in [0.05, 0.1) is 17.6 Å². The summed E-state index contributed by atoms with van der Waals surface area (Å²) in [5.41, 5.74) is 0. The number of hydrogen-bond acceptors (Lipinski definition) is 7. The molecule has 164 valence electrons. The van der Waals surface area contributed by atoms with Crippen molar-refractivity contribution in [2.75, 3.05) is 32.9 Å². The molecule has 2 saturated heterocycles. The Labute approximate surface area is 175 Å². The lowest BCUT2D eigenvalue weighted by Crippen LogP contribution is -2.43. The van der Waals surface area contributed by atoms with E-state index in [1.807, 2.05) is 0 Å². The summed E-state index contributed by atoms with van der Waals surface area (Å²) >= 11 is 0. The first kappa shape index (κ1) is 21.4. The van der Waals surface area contributed by atoms with Crippen LogP contribution in [0.25, 0.3) is 0 Å². The third kappa shape index (κ3) is 5.05. The van der Waals surface area contributed by atoms with Crippen molar-refractivity contribution >= 4 is 10.0 Å². The molecule has 2 aliphatic heterocycles. The van der Waals surface area contributed by atoms with E-state index in [0.29, 0.717) is 50.9 Å². The first-order chi connectivity index (χ1) is 14.5. The van der Waals surface area contributed by atoms with Crippen LogP contribution >= 0.6 is 0 Å². The van der Waals surface area contributed by atoms with E-state index in [1.165, 1.54) is 16.4 Å². The predicted molar refractivity (Wildman–Crippen MR) is 105 cm³/mol. The third-order valence-electron chi connectivity index (χ3n) is 5.53. The highest BCUT2D eigenvalue weighted by atomic mass is 32.2. The molecule has 0 N–H and O–H groups in total. The molecule has 10 heteroatoms. The van der Waals surface area contributed by atoms with Crippen LogP contribution < -0.4 is 0 Å². The first-order valence-electron chi connectivity index (χ1n) is 10.3. The maximum absolute atomic E-state index is 13.1. The van der Waals surface area contributed by atoms with Gasteiger partial charge in [-0.3, -0.25) is 0 Å². The lowest BCUT2D eigenvalue weighted by atomic mass is 10.0. The largest absolute Gasteiger partial charge is 0.381 e. The number of nitrogens with zero attached hydrogens (tertiary/aromatic N) is 3. The van der Waals surface area contributed by atoms with E-state index in [2.05, 4.69) is 10.1 Å². The molecule has 0 amide bonds. The molecule has 3 heterocycles. The quantitative estimate of drug-likeness (QED) is 0.654. The summed E-state index contributed by atoms with van der Waals surface area (Å²) in [5.74, 6) is 1.05. The molecule has 0 saturated carbocycles. The van der Waals surface area contributed by atoms with E-state index < -0.39 is 15.8 Å². The number of benzene rings is 1. The van der Waals surface area contributed by atoms with Gasteiger partial charge in [-0.25, -0.2) is 12.8 Å². The second-order valence-corrected chi connectivity index (χ2v) is 9.58. The minimum Gasteiger partial charge on any atom is -0.381 e. The van der Waals surface area contributed by atoms with Gasteiger partial charge >= 0.3 is 0 Å². The third-order valence-corrected chi connectivity index (χ3v) is 7.41. The highest BCUT2D eigenvalue weighted by molar-refractivity contribution is 7.89. The molecule has 1 aromatic heterocycles. The number of ether oxygens (including phenoxy) is 2. The minimum absolute atomic E-state index is 0.0944. The van der Waals surface area contributed by atoms with Crippen LogP contribution in [0, 0.1) is 5.82 Å². The summed E-state index contributed by atoms with van der Waals surface area (Å²) in [7, 11) is -3.66. The molecule has 0 aliphatic carbocycles. The SMILES string of the molecule is O=S(=O)(c1ccc(F)cc1)N1CCCC(OCCc2noc(C3CCOCC3)n2)C1. The van der Waals surface area contributed by atoms with Crippen LogP contribution in [0.15, 0.2) is 33.7 Å². The Morgan fingerprint density at radius 3 is 2.70 bits per heavy atom. The van der Waals surface area contributed by atoms with E-state index >= 15 is 0 Å². The van der Waals surface area contributed by atoms with E-state index in [-0.39, 0.29) is 23.5 Å². The fourth-order valence-corrected chi connectivity index (χ4v) is 5.32. The lowest BCUT2D eigenvalue weighted by molar-refractivity contribution is 0.0199. The molecular weight excluding hydrogens is 413 g/mol. The van der Waals surface area contributed by atoms with E-state index in [0.717, 1.165) is 31.4 Å². The Morgan fingerprint density at radius 1 is 1.17 bits per heavy atom. The Bertz CT molecular complexity index is 928. The number of rotatable bonds is 7. The van der Waals surface area contributed by atoms with Crippen LogP contribution in [-0.2, 0) is 25.9 Å². The average Bonchev–Trinajstić information content (AvgIpc) is 3.24. The van der Waals surface area contributed by atoms with Gasteiger partial charge in [0.2, 0.25) is 15.9 Å². The molecule has 1 aromatic carbocycles. The Kier molecular flexibility index (Phi) is 6.77. The summed E-state index contributed by atoms with van der Waals surface area (Å²) in [6, 6.07) is 4.90. The van der Waals surface area contributed by atoms with Gasteiger partial charge in [0.1, 0.15) is 5.82 Å². The minimum atomic E-state index is -3.66. The number of hydrogen-bond donors (Lipinski definition) is 0. The summed E-state index contributed by atoms with van der Waals surface area (Å²) in [6.45, 7) is 2.52. The normalized spacial score (nSPS) is 21.7. The van der Waals surface area contributed by atoms with Gasteiger partial charge in [-0.2, -0.15) is 9.29 Å².